The number of nitrogens with two attached hydrogens (primary N) is 2. The third-order valence-corrected chi connectivity index (χ3v) is 9.26. The Balaban J connectivity index is 1.77. The van der Waals surface area contributed by atoms with Crippen molar-refractivity contribution < 1.29 is 32.1 Å². The molecule has 2 aromatic carbocycles. The van der Waals surface area contributed by atoms with Gasteiger partial charge in [0.25, 0.3) is 0 Å². The van der Waals surface area contributed by atoms with Crippen LogP contribution in [-0.4, -0.2) is 67.3 Å². The van der Waals surface area contributed by atoms with Crippen LogP contribution in [0.4, 0.5) is 0 Å². The molecule has 0 radical (unpaired) electrons. The predicted octanol–water partition coefficient (Wildman–Crippen LogP) is 2.06. The number of benzene rings is 2. The van der Waals surface area contributed by atoms with Gasteiger partial charge in [-0.15, -0.1) is 0 Å². The van der Waals surface area contributed by atoms with Crippen molar-refractivity contribution in [1.82, 2.24) is 9.62 Å². The fraction of sp³-hybridized carbons (Fsp3) is 0.481. The molecule has 1 aliphatic heterocycles. The summed E-state index contributed by atoms with van der Waals surface area (Å²) in [5.74, 6) is -0.598. The van der Waals surface area contributed by atoms with E-state index in [2.05, 4.69) is 14.2 Å². The van der Waals surface area contributed by atoms with Crippen molar-refractivity contribution in [2.24, 2.45) is 22.4 Å². The van der Waals surface area contributed by atoms with E-state index >= 15 is 0 Å². The van der Waals surface area contributed by atoms with Gasteiger partial charge in [0.05, 0.1) is 11.5 Å². The normalized spacial score (nSPS) is 15.9. The summed E-state index contributed by atoms with van der Waals surface area (Å²) in [6.07, 6.45) is 1.47. The number of hydrogen-bond acceptors (Lipinski definition) is 6. The average Bonchev–Trinajstić information content (AvgIpc) is 2.93. The van der Waals surface area contributed by atoms with Gasteiger partial charge in [0, 0.05) is 25.0 Å². The smallest absolute Gasteiger partial charge is 0.370 e. The molecule has 3 rings (SSSR count). The molecule has 12 nitrogen and oxygen atoms in total. The summed E-state index contributed by atoms with van der Waals surface area (Å²) < 4.78 is 45.4. The molecule has 0 aliphatic carbocycles. The molecule has 0 saturated carbocycles. The van der Waals surface area contributed by atoms with E-state index < -0.39 is 29.3 Å². The first-order valence-corrected chi connectivity index (χ1v) is 16.4. The summed E-state index contributed by atoms with van der Waals surface area (Å²) in [6, 6.07) is 15.4. The lowest BCUT2D eigenvalue weighted by molar-refractivity contribution is -0.134. The molecule has 226 valence electrons. The van der Waals surface area contributed by atoms with Crippen LogP contribution >= 0.6 is 7.82 Å². The van der Waals surface area contributed by atoms with Crippen molar-refractivity contribution in [1.29, 1.82) is 0 Å². The number of nitrogens with zero attached hydrogens (tertiary/aromatic N) is 2. The van der Waals surface area contributed by atoms with Crippen LogP contribution in [0, 0.1) is 5.92 Å². The maximum Gasteiger partial charge on any atom is 0.469 e. The number of phosphoric acid groups is 1. The van der Waals surface area contributed by atoms with Crippen molar-refractivity contribution in [3.8, 4) is 0 Å². The van der Waals surface area contributed by atoms with Crippen LogP contribution in [0.1, 0.15) is 50.7 Å². The predicted molar refractivity (Wildman–Crippen MR) is 156 cm³/mol. The maximum atomic E-state index is 13.6. The lowest BCUT2D eigenvalue weighted by atomic mass is 9.78. The highest BCUT2D eigenvalue weighted by Crippen LogP contribution is 2.37. The maximum absolute atomic E-state index is 13.6. The fourth-order valence-corrected chi connectivity index (χ4v) is 6.48. The van der Waals surface area contributed by atoms with E-state index in [9.17, 15) is 17.8 Å². The van der Waals surface area contributed by atoms with Gasteiger partial charge < -0.3 is 26.2 Å². The minimum Gasteiger partial charge on any atom is -0.370 e. The summed E-state index contributed by atoms with van der Waals surface area (Å²) in [5, 5.41) is 0. The molecule has 0 bridgehead atoms. The number of hydrogen-bond donors (Lipinski definition) is 5. The van der Waals surface area contributed by atoms with Crippen LogP contribution in [0.2, 0.25) is 0 Å². The van der Waals surface area contributed by atoms with Crippen LogP contribution in [-0.2, 0) is 29.3 Å². The number of piperidine rings is 1. The van der Waals surface area contributed by atoms with E-state index in [0.29, 0.717) is 32.4 Å². The molecule has 0 unspecified atom stereocenters. The van der Waals surface area contributed by atoms with E-state index in [-0.39, 0.29) is 42.3 Å². The van der Waals surface area contributed by atoms with Crippen molar-refractivity contribution in [2.75, 3.05) is 26.2 Å². The van der Waals surface area contributed by atoms with E-state index in [1.54, 1.807) is 17.0 Å². The summed E-state index contributed by atoms with van der Waals surface area (Å²) in [6.45, 7) is 4.77. The van der Waals surface area contributed by atoms with Gasteiger partial charge in [-0.05, 0) is 54.9 Å². The first kappa shape index (κ1) is 32.7. The molecular weight excluding hydrogens is 569 g/mol. The van der Waals surface area contributed by atoms with Gasteiger partial charge >= 0.3 is 7.82 Å². The van der Waals surface area contributed by atoms with Crippen LogP contribution < -0.4 is 16.2 Å². The summed E-state index contributed by atoms with van der Waals surface area (Å²) >= 11 is 0. The number of carbonyl (C=O) groups is 1. The molecule has 0 aromatic heterocycles. The highest BCUT2D eigenvalue weighted by molar-refractivity contribution is 7.89. The number of sulfonamides is 1. The second kappa shape index (κ2) is 13.9. The van der Waals surface area contributed by atoms with Gasteiger partial charge in [-0.1, -0.05) is 56.3 Å². The Kier molecular flexibility index (Phi) is 11.1. The number of likely N-dealkylation sites (tertiary alicyclic amines) is 1. The van der Waals surface area contributed by atoms with Crippen molar-refractivity contribution >= 4 is 29.7 Å². The Morgan fingerprint density at radius 2 is 1.76 bits per heavy atom. The zero-order valence-electron chi connectivity index (χ0n) is 23.3. The largest absolute Gasteiger partial charge is 0.469 e. The van der Waals surface area contributed by atoms with Crippen LogP contribution in [0.15, 0.2) is 64.5 Å². The van der Waals surface area contributed by atoms with Crippen molar-refractivity contribution in [2.45, 2.75) is 55.9 Å². The number of aliphatic imine (C=N–C) groups is 1. The van der Waals surface area contributed by atoms with Gasteiger partial charge in [0.15, 0.2) is 5.96 Å². The molecule has 1 aliphatic rings. The second-order valence-corrected chi connectivity index (χ2v) is 13.6. The molecular formula is C27H40N5O7PS. The first-order chi connectivity index (χ1) is 19.2. The number of carbonyl (C=O) groups excluding carboxylic acids is 1. The number of amides is 1. The van der Waals surface area contributed by atoms with E-state index in [1.165, 1.54) is 6.07 Å². The SMILES string of the molecule is CC(C)(c1ccccc1)c1cccc(S(=O)(=O)N[C@@H](CCCN=C(N)N)C(=O)N2CCC(COP(=O)(O)O)CC2)c1. The van der Waals surface area contributed by atoms with Gasteiger partial charge in [0.1, 0.15) is 6.04 Å². The molecule has 1 heterocycles. The highest BCUT2D eigenvalue weighted by Gasteiger charge is 2.33. The monoisotopic (exact) mass is 609 g/mol. The zero-order valence-corrected chi connectivity index (χ0v) is 25.1. The van der Waals surface area contributed by atoms with E-state index in [1.807, 2.05) is 50.2 Å². The fourth-order valence-electron chi connectivity index (χ4n) is 4.81. The lowest BCUT2D eigenvalue weighted by Crippen LogP contribution is -2.51. The number of nitrogens with one attached hydrogen (secondary N) is 1. The Labute approximate surface area is 241 Å². The van der Waals surface area contributed by atoms with Gasteiger partial charge in [-0.3, -0.25) is 14.3 Å². The quantitative estimate of drug-likeness (QED) is 0.0976. The molecule has 1 fully saturated rings. The molecule has 7 N–H and O–H groups in total. The van der Waals surface area contributed by atoms with Gasteiger partial charge in [0.2, 0.25) is 15.9 Å². The Morgan fingerprint density at radius 1 is 1.12 bits per heavy atom. The van der Waals surface area contributed by atoms with E-state index in [4.69, 9.17) is 21.3 Å². The van der Waals surface area contributed by atoms with Crippen molar-refractivity contribution in [3.63, 3.8) is 0 Å². The lowest BCUT2D eigenvalue weighted by Gasteiger charge is -2.34. The molecule has 14 heteroatoms. The van der Waals surface area contributed by atoms with Crippen LogP contribution in [0.25, 0.3) is 0 Å². The van der Waals surface area contributed by atoms with E-state index in [0.717, 1.165) is 11.1 Å². The summed E-state index contributed by atoms with van der Waals surface area (Å²) in [5.41, 5.74) is 12.2. The average molecular weight is 610 g/mol. The summed E-state index contributed by atoms with van der Waals surface area (Å²) in [7, 11) is -8.66. The molecule has 1 atom stereocenters. The zero-order chi connectivity index (χ0) is 30.3. The standard InChI is InChI=1S/C27H40N5O7PS/c1-27(2,21-8-4-3-5-9-21)22-10-6-11-23(18-22)41(37,38)31-24(12-7-15-30-26(28)29)25(33)32-16-13-20(14-17-32)19-39-40(34,35)36/h3-6,8-11,18,20,24,31H,7,12-17,19H2,1-2H3,(H4,28,29,30)(H2,34,35,36)/t24-/m0/s1. The molecule has 0 spiro atoms. The third kappa shape index (κ3) is 9.63. The Bertz CT molecular complexity index is 1350. The van der Waals surface area contributed by atoms with Crippen molar-refractivity contribution in [3.05, 3.63) is 65.7 Å². The second-order valence-electron chi connectivity index (χ2n) is 10.7. The molecule has 2 aromatic rings. The van der Waals surface area contributed by atoms with Gasteiger partial charge in [-0.25, -0.2) is 13.0 Å². The first-order valence-electron chi connectivity index (χ1n) is 13.4. The molecule has 41 heavy (non-hydrogen) atoms. The van der Waals surface area contributed by atoms with Gasteiger partial charge in [-0.2, -0.15) is 4.72 Å². The van der Waals surface area contributed by atoms with Crippen LogP contribution in [0.3, 0.4) is 0 Å². The molecule has 1 amide bonds. The molecule has 1 saturated heterocycles. The topological polar surface area (TPSA) is 198 Å². The van der Waals surface area contributed by atoms with Crippen LogP contribution in [0.5, 0.6) is 0 Å². The number of guanidine groups is 1. The third-order valence-electron chi connectivity index (χ3n) is 7.31. The minimum absolute atomic E-state index is 0.0503. The minimum atomic E-state index is -4.58. The summed E-state index contributed by atoms with van der Waals surface area (Å²) in [4.78, 5) is 37.0. The Hall–Kier alpha value is -2.80. The number of rotatable bonds is 13. The highest BCUT2D eigenvalue weighted by atomic mass is 32.2. The number of phosphoric ester groups is 1. The Morgan fingerprint density at radius 3 is 2.37 bits per heavy atom.